The predicted molar refractivity (Wildman–Crippen MR) is 70.4 cm³/mol. The van der Waals surface area contributed by atoms with Gasteiger partial charge in [-0.2, -0.15) is 0 Å². The average Bonchev–Trinajstić information content (AvgIpc) is 2.40. The number of carbonyl (C=O) groups is 1. The number of aromatic hydroxyl groups is 1. The van der Waals surface area contributed by atoms with Crippen LogP contribution in [0.1, 0.15) is 12.0 Å². The van der Waals surface area contributed by atoms with Gasteiger partial charge < -0.3 is 15.7 Å². The van der Waals surface area contributed by atoms with E-state index in [1.165, 1.54) is 5.57 Å². The number of carbonyl (C=O) groups excluding carboxylic acids is 1. The van der Waals surface area contributed by atoms with Crippen LogP contribution in [0.5, 0.6) is 5.75 Å². The fourth-order valence-corrected chi connectivity index (χ4v) is 1.90. The molecule has 0 atom stereocenters. The number of hydrogen-bond acceptors (Lipinski definition) is 3. The summed E-state index contributed by atoms with van der Waals surface area (Å²) in [6.45, 7) is 2.52. The molecule has 2 rings (SSSR count). The molecule has 18 heavy (non-hydrogen) atoms. The third-order valence-corrected chi connectivity index (χ3v) is 2.97. The van der Waals surface area contributed by atoms with Crippen LogP contribution >= 0.6 is 0 Å². The molecule has 0 spiro atoms. The van der Waals surface area contributed by atoms with Crippen LogP contribution in [0.3, 0.4) is 0 Å². The Morgan fingerprint density at radius 3 is 2.78 bits per heavy atom. The normalized spacial score (nSPS) is 15.0. The largest absolute Gasteiger partial charge is 0.508 e. The first kappa shape index (κ1) is 12.6. The zero-order valence-electron chi connectivity index (χ0n) is 10.3. The molecule has 1 heterocycles. The van der Waals surface area contributed by atoms with Crippen LogP contribution in [0.4, 0.5) is 0 Å². The van der Waals surface area contributed by atoms with E-state index in [-0.39, 0.29) is 11.7 Å². The van der Waals surface area contributed by atoms with Gasteiger partial charge in [-0.25, -0.2) is 0 Å². The van der Waals surface area contributed by atoms with Gasteiger partial charge in [-0.1, -0.05) is 23.8 Å². The van der Waals surface area contributed by atoms with E-state index < -0.39 is 0 Å². The lowest BCUT2D eigenvalue weighted by Crippen LogP contribution is -2.30. The lowest BCUT2D eigenvalue weighted by Gasteiger charge is -2.14. The van der Waals surface area contributed by atoms with E-state index in [4.69, 9.17) is 5.11 Å². The van der Waals surface area contributed by atoms with Crippen molar-refractivity contribution >= 4 is 5.91 Å². The van der Waals surface area contributed by atoms with E-state index in [2.05, 4.69) is 16.7 Å². The molecule has 1 amide bonds. The zero-order valence-corrected chi connectivity index (χ0v) is 10.3. The quantitative estimate of drug-likeness (QED) is 0.694. The molecule has 4 nitrogen and oxygen atoms in total. The van der Waals surface area contributed by atoms with Crippen LogP contribution in [0.2, 0.25) is 0 Å². The minimum Gasteiger partial charge on any atom is -0.508 e. The van der Waals surface area contributed by atoms with Crippen molar-refractivity contribution in [3.8, 4) is 5.75 Å². The Kier molecular flexibility index (Phi) is 4.36. The highest BCUT2D eigenvalue weighted by Gasteiger charge is 2.06. The first-order valence-corrected chi connectivity index (χ1v) is 6.17. The van der Waals surface area contributed by atoms with Crippen LogP contribution in [0.15, 0.2) is 35.9 Å². The topological polar surface area (TPSA) is 61.4 Å². The Labute approximate surface area is 107 Å². The maximum atomic E-state index is 11.7. The summed E-state index contributed by atoms with van der Waals surface area (Å²) in [5.74, 6) is 0.235. The van der Waals surface area contributed by atoms with Crippen molar-refractivity contribution in [2.75, 3.05) is 19.6 Å². The molecule has 0 aromatic heterocycles. The van der Waals surface area contributed by atoms with Gasteiger partial charge in [-0.15, -0.1) is 0 Å². The summed E-state index contributed by atoms with van der Waals surface area (Å²) in [5.41, 5.74) is 2.19. The minimum absolute atomic E-state index is 0.0140. The fraction of sp³-hybridized carbons (Fsp3) is 0.357. The lowest BCUT2D eigenvalue weighted by atomic mass is 10.1. The highest BCUT2D eigenvalue weighted by molar-refractivity contribution is 5.78. The summed E-state index contributed by atoms with van der Waals surface area (Å²) in [5, 5.41) is 15.3. The molecule has 0 aliphatic carbocycles. The van der Waals surface area contributed by atoms with Crippen LogP contribution < -0.4 is 10.6 Å². The Hall–Kier alpha value is -1.81. The Morgan fingerprint density at radius 2 is 2.11 bits per heavy atom. The van der Waals surface area contributed by atoms with Crippen LogP contribution in [-0.4, -0.2) is 30.6 Å². The van der Waals surface area contributed by atoms with Gasteiger partial charge >= 0.3 is 0 Å². The lowest BCUT2D eigenvalue weighted by molar-refractivity contribution is -0.120. The Balaban J connectivity index is 1.78. The highest BCUT2D eigenvalue weighted by Crippen LogP contribution is 2.10. The third-order valence-electron chi connectivity index (χ3n) is 2.97. The van der Waals surface area contributed by atoms with Crippen molar-refractivity contribution in [1.29, 1.82) is 0 Å². The van der Waals surface area contributed by atoms with Crippen molar-refractivity contribution < 1.29 is 9.90 Å². The fourth-order valence-electron chi connectivity index (χ4n) is 1.90. The average molecular weight is 246 g/mol. The maximum Gasteiger partial charge on any atom is 0.224 e. The van der Waals surface area contributed by atoms with Crippen molar-refractivity contribution in [3.05, 3.63) is 41.5 Å². The summed E-state index contributed by atoms with van der Waals surface area (Å²) in [4.78, 5) is 11.7. The third kappa shape index (κ3) is 3.89. The number of hydrogen-bond donors (Lipinski definition) is 3. The summed E-state index contributed by atoms with van der Waals surface area (Å²) < 4.78 is 0. The van der Waals surface area contributed by atoms with E-state index in [9.17, 15) is 4.79 Å². The summed E-state index contributed by atoms with van der Waals surface area (Å²) in [7, 11) is 0. The van der Waals surface area contributed by atoms with E-state index in [0.29, 0.717) is 13.0 Å². The molecule has 1 aromatic carbocycles. The molecule has 0 radical (unpaired) electrons. The van der Waals surface area contributed by atoms with Gasteiger partial charge in [0.05, 0.1) is 6.42 Å². The molecular formula is C14H18N2O2. The van der Waals surface area contributed by atoms with E-state index in [0.717, 1.165) is 25.1 Å². The molecule has 0 saturated heterocycles. The Morgan fingerprint density at radius 1 is 1.33 bits per heavy atom. The monoisotopic (exact) mass is 246 g/mol. The zero-order chi connectivity index (χ0) is 12.8. The SMILES string of the molecule is O=C(Cc1ccc(O)cc1)NCC1=CCNCC1. The van der Waals surface area contributed by atoms with Gasteiger partial charge in [0, 0.05) is 13.1 Å². The first-order valence-electron chi connectivity index (χ1n) is 6.17. The second kappa shape index (κ2) is 6.21. The van der Waals surface area contributed by atoms with Crippen LogP contribution in [-0.2, 0) is 11.2 Å². The molecular weight excluding hydrogens is 228 g/mol. The molecule has 4 heteroatoms. The summed E-state index contributed by atoms with van der Waals surface area (Å²) in [6, 6.07) is 6.72. The second-order valence-corrected chi connectivity index (χ2v) is 4.44. The van der Waals surface area contributed by atoms with Crippen LogP contribution in [0, 0.1) is 0 Å². The van der Waals surface area contributed by atoms with Crippen molar-refractivity contribution in [2.45, 2.75) is 12.8 Å². The molecule has 1 aromatic rings. The van der Waals surface area contributed by atoms with E-state index >= 15 is 0 Å². The van der Waals surface area contributed by atoms with Gasteiger partial charge in [-0.05, 0) is 30.7 Å². The molecule has 1 aliphatic heterocycles. The second-order valence-electron chi connectivity index (χ2n) is 4.44. The first-order chi connectivity index (χ1) is 8.74. The maximum absolute atomic E-state index is 11.7. The predicted octanol–water partition coefficient (Wildman–Crippen LogP) is 0.971. The van der Waals surface area contributed by atoms with Gasteiger partial charge in [-0.3, -0.25) is 4.79 Å². The standard InChI is InChI=1S/C14H18N2O2/c17-13-3-1-11(2-4-13)9-14(18)16-10-12-5-7-15-8-6-12/h1-5,15,17H,6-10H2,(H,16,18). The highest BCUT2D eigenvalue weighted by atomic mass is 16.3. The molecule has 0 fully saturated rings. The molecule has 0 unspecified atom stereocenters. The summed E-state index contributed by atoms with van der Waals surface area (Å²) in [6.07, 6.45) is 3.48. The number of phenolic OH excluding ortho intramolecular Hbond substituents is 1. The van der Waals surface area contributed by atoms with Crippen molar-refractivity contribution in [2.24, 2.45) is 0 Å². The minimum atomic E-state index is 0.0140. The molecule has 0 saturated carbocycles. The summed E-state index contributed by atoms with van der Waals surface area (Å²) >= 11 is 0. The van der Waals surface area contributed by atoms with Gasteiger partial charge in [0.1, 0.15) is 5.75 Å². The molecule has 1 aliphatic rings. The number of phenols is 1. The van der Waals surface area contributed by atoms with E-state index in [1.54, 1.807) is 24.3 Å². The Bertz CT molecular complexity index is 438. The smallest absolute Gasteiger partial charge is 0.224 e. The number of rotatable bonds is 4. The van der Waals surface area contributed by atoms with Crippen molar-refractivity contribution in [1.82, 2.24) is 10.6 Å². The van der Waals surface area contributed by atoms with Gasteiger partial charge in [0.15, 0.2) is 0 Å². The number of nitrogens with one attached hydrogen (secondary N) is 2. The van der Waals surface area contributed by atoms with Gasteiger partial charge in [0.2, 0.25) is 5.91 Å². The van der Waals surface area contributed by atoms with Crippen molar-refractivity contribution in [3.63, 3.8) is 0 Å². The van der Waals surface area contributed by atoms with Crippen LogP contribution in [0.25, 0.3) is 0 Å². The molecule has 3 N–H and O–H groups in total. The number of amides is 1. The number of benzene rings is 1. The van der Waals surface area contributed by atoms with Gasteiger partial charge in [0.25, 0.3) is 0 Å². The van der Waals surface area contributed by atoms with E-state index in [1.807, 2.05) is 0 Å². The molecule has 0 bridgehead atoms. The molecule has 96 valence electrons.